The summed E-state index contributed by atoms with van der Waals surface area (Å²) in [5.74, 6) is 2.30. The lowest BCUT2D eigenvalue weighted by atomic mass is 9.70. The molecule has 2 bridgehead atoms. The van der Waals surface area contributed by atoms with E-state index in [1.54, 1.807) is 0 Å². The monoisotopic (exact) mass is 437 g/mol. The highest BCUT2D eigenvalue weighted by Crippen LogP contribution is 2.71. The lowest BCUT2D eigenvalue weighted by Gasteiger charge is -2.39. The molecular weight excluding hydrogens is 398 g/mol. The van der Waals surface area contributed by atoms with Gasteiger partial charge in [-0.2, -0.15) is 0 Å². The van der Waals surface area contributed by atoms with Crippen LogP contribution in [0.2, 0.25) is 0 Å². The largest absolute Gasteiger partial charge is 0.490 e. The molecule has 1 aliphatic heterocycles. The Hall–Kier alpha value is -1.62. The van der Waals surface area contributed by atoms with E-state index >= 15 is 0 Å². The molecule has 3 aliphatic rings. The van der Waals surface area contributed by atoms with Gasteiger partial charge in [0.25, 0.3) is 0 Å². The Morgan fingerprint density at radius 3 is 2.66 bits per heavy atom. The number of fused-ring (bicyclic) bond motifs is 6. The van der Waals surface area contributed by atoms with E-state index in [0.29, 0.717) is 30.1 Å². The van der Waals surface area contributed by atoms with Crippen molar-refractivity contribution in [1.29, 1.82) is 0 Å². The molecule has 174 valence electrons. The van der Waals surface area contributed by atoms with Crippen molar-refractivity contribution in [2.45, 2.75) is 78.4 Å². The van der Waals surface area contributed by atoms with Gasteiger partial charge in [-0.3, -0.25) is 0 Å². The molecule has 0 radical (unpaired) electrons. The van der Waals surface area contributed by atoms with Crippen molar-refractivity contribution in [3.8, 4) is 5.75 Å². The molecule has 2 aromatic rings. The number of hydrogen-bond acceptors (Lipinski definition) is 4. The highest BCUT2D eigenvalue weighted by atomic mass is 16.7. The molecule has 2 aromatic carbocycles. The molecule has 5 rings (SSSR count). The molecule has 0 amide bonds. The summed E-state index contributed by atoms with van der Waals surface area (Å²) in [5, 5.41) is 5.87. The Morgan fingerprint density at radius 1 is 1.09 bits per heavy atom. The summed E-state index contributed by atoms with van der Waals surface area (Å²) in [5.41, 5.74) is 0.634. The first-order chi connectivity index (χ1) is 15.3. The van der Waals surface area contributed by atoms with E-state index < -0.39 is 0 Å². The Labute approximate surface area is 193 Å². The minimum Gasteiger partial charge on any atom is -0.490 e. The maximum absolute atomic E-state index is 6.61. The third kappa shape index (κ3) is 3.65. The molecule has 1 N–H and O–H groups in total. The van der Waals surface area contributed by atoms with Gasteiger partial charge in [0.05, 0.1) is 6.10 Å². The lowest BCUT2D eigenvalue weighted by molar-refractivity contribution is -0.189. The molecule has 0 unspecified atom stereocenters. The number of ether oxygens (including phenoxy) is 3. The van der Waals surface area contributed by atoms with Crippen LogP contribution in [0.3, 0.4) is 0 Å². The molecule has 0 aromatic heterocycles. The smallest absolute Gasteiger partial charge is 0.158 e. The summed E-state index contributed by atoms with van der Waals surface area (Å²) in [7, 11) is 0. The van der Waals surface area contributed by atoms with Gasteiger partial charge in [0.1, 0.15) is 18.5 Å². The first-order valence-corrected chi connectivity index (χ1v) is 12.4. The molecule has 1 heterocycles. The molecule has 4 nitrogen and oxygen atoms in total. The molecule has 2 aliphatic carbocycles. The molecule has 1 saturated heterocycles. The van der Waals surface area contributed by atoms with Crippen LogP contribution >= 0.6 is 0 Å². The van der Waals surface area contributed by atoms with E-state index in [2.05, 4.69) is 76.3 Å². The lowest BCUT2D eigenvalue weighted by Crippen LogP contribution is -2.41. The maximum Gasteiger partial charge on any atom is 0.158 e. The second-order valence-corrected chi connectivity index (χ2v) is 11.3. The van der Waals surface area contributed by atoms with E-state index in [-0.39, 0.29) is 17.8 Å². The zero-order chi connectivity index (χ0) is 22.5. The van der Waals surface area contributed by atoms with Crippen LogP contribution in [0.15, 0.2) is 42.5 Å². The molecule has 4 heteroatoms. The van der Waals surface area contributed by atoms with E-state index in [0.717, 1.165) is 30.0 Å². The van der Waals surface area contributed by atoms with Gasteiger partial charge in [0.15, 0.2) is 6.29 Å². The fraction of sp³-hybridized carbons (Fsp3) is 0.643. The average Bonchev–Trinajstić information content (AvgIpc) is 3.33. The van der Waals surface area contributed by atoms with Crippen molar-refractivity contribution in [2.75, 3.05) is 13.2 Å². The minimum absolute atomic E-state index is 0.0568. The maximum atomic E-state index is 6.61. The topological polar surface area (TPSA) is 39.7 Å². The van der Waals surface area contributed by atoms with Gasteiger partial charge in [-0.05, 0) is 47.0 Å². The second kappa shape index (κ2) is 8.30. The Balaban J connectivity index is 1.26. The molecule has 0 spiro atoms. The average molecular weight is 438 g/mol. The summed E-state index contributed by atoms with van der Waals surface area (Å²) in [6.45, 7) is 12.9. The molecule has 32 heavy (non-hydrogen) atoms. The van der Waals surface area contributed by atoms with Gasteiger partial charge in [-0.1, -0.05) is 71.0 Å². The van der Waals surface area contributed by atoms with Gasteiger partial charge in [0.2, 0.25) is 0 Å². The summed E-state index contributed by atoms with van der Waals surface area (Å²) in [4.78, 5) is 0. The first-order valence-electron chi connectivity index (χ1n) is 12.4. The van der Waals surface area contributed by atoms with E-state index in [9.17, 15) is 0 Å². The zero-order valence-corrected chi connectivity index (χ0v) is 20.3. The first kappa shape index (κ1) is 22.2. The van der Waals surface area contributed by atoms with Crippen LogP contribution in [-0.4, -0.2) is 37.7 Å². The van der Waals surface area contributed by atoms with Crippen molar-refractivity contribution in [3.05, 3.63) is 42.5 Å². The quantitative estimate of drug-likeness (QED) is 0.567. The minimum atomic E-state index is -0.129. The second-order valence-electron chi connectivity index (χ2n) is 11.3. The molecule has 3 fully saturated rings. The summed E-state index contributed by atoms with van der Waals surface area (Å²) in [6.07, 6.45) is 3.78. The number of benzene rings is 2. The molecular formula is C28H39NO3. The Bertz CT molecular complexity index is 951. The molecule has 6 atom stereocenters. The van der Waals surface area contributed by atoms with Crippen molar-refractivity contribution >= 4 is 10.8 Å². The van der Waals surface area contributed by atoms with Crippen molar-refractivity contribution in [1.82, 2.24) is 5.32 Å². The highest BCUT2D eigenvalue weighted by Gasteiger charge is 2.69. The third-order valence-electron chi connectivity index (χ3n) is 8.94. The SMILES string of the molecule is CC(C)NC[C@H](COc1cccc2ccccc12)O[C@@H]1C[C@H]2[C@H]3CC[C@@](C)([C@H]2O1)C3(C)C. The van der Waals surface area contributed by atoms with Crippen molar-refractivity contribution in [2.24, 2.45) is 22.7 Å². The zero-order valence-electron chi connectivity index (χ0n) is 20.3. The highest BCUT2D eigenvalue weighted by molar-refractivity contribution is 5.88. The molecule has 2 saturated carbocycles. The summed E-state index contributed by atoms with van der Waals surface area (Å²) >= 11 is 0. The summed E-state index contributed by atoms with van der Waals surface area (Å²) < 4.78 is 19.5. The van der Waals surface area contributed by atoms with Crippen LogP contribution in [-0.2, 0) is 9.47 Å². The van der Waals surface area contributed by atoms with Crippen LogP contribution < -0.4 is 10.1 Å². The Kier molecular flexibility index (Phi) is 5.76. The van der Waals surface area contributed by atoms with E-state index in [1.165, 1.54) is 18.2 Å². The van der Waals surface area contributed by atoms with Gasteiger partial charge < -0.3 is 19.5 Å². The van der Waals surface area contributed by atoms with Crippen LogP contribution in [0.1, 0.15) is 53.9 Å². The van der Waals surface area contributed by atoms with Crippen LogP contribution in [0.25, 0.3) is 10.8 Å². The van der Waals surface area contributed by atoms with Gasteiger partial charge in [-0.15, -0.1) is 0 Å². The Morgan fingerprint density at radius 2 is 1.88 bits per heavy atom. The number of nitrogens with one attached hydrogen (secondary N) is 1. The fourth-order valence-electron chi connectivity index (χ4n) is 6.80. The van der Waals surface area contributed by atoms with Gasteiger partial charge in [0, 0.05) is 24.4 Å². The predicted octanol–water partition coefficient (Wildman–Crippen LogP) is 5.79. The van der Waals surface area contributed by atoms with Gasteiger partial charge >= 0.3 is 0 Å². The normalized spacial score (nSPS) is 33.7. The third-order valence-corrected chi connectivity index (χ3v) is 8.94. The standard InChI is InChI=1S/C28H39NO3/c1-18(2)29-16-20(17-30-24-12-8-10-19-9-6-7-11-21(19)24)31-25-15-22-23-13-14-28(5,26(22)32-25)27(23,3)4/h6-12,18,20,22-23,25-26,29H,13-17H2,1-5H3/t20-,22+,23-,25+,26+,28+/m1/s1. The van der Waals surface area contributed by atoms with E-state index in [1.807, 2.05) is 6.07 Å². The van der Waals surface area contributed by atoms with Crippen LogP contribution in [0, 0.1) is 22.7 Å². The van der Waals surface area contributed by atoms with Crippen LogP contribution in [0.5, 0.6) is 5.75 Å². The van der Waals surface area contributed by atoms with Crippen LogP contribution in [0.4, 0.5) is 0 Å². The van der Waals surface area contributed by atoms with E-state index in [4.69, 9.17) is 14.2 Å². The number of rotatable bonds is 8. The van der Waals surface area contributed by atoms with Gasteiger partial charge in [-0.25, -0.2) is 0 Å². The predicted molar refractivity (Wildman–Crippen MR) is 129 cm³/mol. The van der Waals surface area contributed by atoms with Crippen molar-refractivity contribution < 1.29 is 14.2 Å². The number of hydrogen-bond donors (Lipinski definition) is 1. The fourth-order valence-corrected chi connectivity index (χ4v) is 6.80. The summed E-state index contributed by atoms with van der Waals surface area (Å²) in [6, 6.07) is 15.0. The van der Waals surface area contributed by atoms with Crippen molar-refractivity contribution in [3.63, 3.8) is 0 Å².